The average molecular weight is 407 g/mol. The number of nitrogen functional groups attached to an aromatic ring is 2. The van der Waals surface area contributed by atoms with E-state index in [1.807, 2.05) is 32.9 Å². The maximum atomic E-state index is 10.9. The third-order valence-electron chi connectivity index (χ3n) is 3.64. The fourth-order valence-corrected chi connectivity index (χ4v) is 2.83. The van der Waals surface area contributed by atoms with E-state index < -0.39 is 11.8 Å². The van der Waals surface area contributed by atoms with E-state index in [-0.39, 0.29) is 0 Å². The lowest BCUT2D eigenvalue weighted by Gasteiger charge is -2.11. The van der Waals surface area contributed by atoms with Gasteiger partial charge in [-0.1, -0.05) is 41.9 Å². The van der Waals surface area contributed by atoms with Gasteiger partial charge in [0.25, 0.3) is 11.8 Å². The number of carbonyl (C=O) groups excluding carboxylic acids is 2. The lowest BCUT2D eigenvalue weighted by atomic mass is 9.98. The molecule has 0 fully saturated rings. The number of nitrogens with two attached hydrogens (primary N) is 4. The van der Waals surface area contributed by atoms with E-state index in [1.165, 1.54) is 0 Å². The summed E-state index contributed by atoms with van der Waals surface area (Å²) >= 11 is 3.25. The molecular formula is C18H23BrN4O2. The molecule has 6 nitrogen and oxygen atoms in total. The smallest absolute Gasteiger partial charge is 0.250 e. The Hall–Kier alpha value is -2.54. The van der Waals surface area contributed by atoms with Crippen LogP contribution in [0.5, 0.6) is 0 Å². The van der Waals surface area contributed by atoms with Crippen molar-refractivity contribution in [2.24, 2.45) is 11.5 Å². The van der Waals surface area contributed by atoms with Gasteiger partial charge in [0.2, 0.25) is 0 Å². The molecule has 0 spiro atoms. The Kier molecular flexibility index (Phi) is 6.99. The van der Waals surface area contributed by atoms with Crippen LogP contribution in [0.3, 0.4) is 0 Å². The van der Waals surface area contributed by atoms with Crippen molar-refractivity contribution in [2.75, 3.05) is 11.5 Å². The van der Waals surface area contributed by atoms with E-state index in [1.54, 1.807) is 18.2 Å². The molecule has 0 saturated heterocycles. The number of primary amides is 2. The molecule has 0 aliphatic rings. The van der Waals surface area contributed by atoms with E-state index in [0.717, 1.165) is 15.6 Å². The summed E-state index contributed by atoms with van der Waals surface area (Å²) in [6.07, 6.45) is 0. The minimum atomic E-state index is -0.503. The number of hydrogen-bond acceptors (Lipinski definition) is 4. The minimum absolute atomic E-state index is 0.305. The highest BCUT2D eigenvalue weighted by atomic mass is 79.9. The van der Waals surface area contributed by atoms with Crippen LogP contribution in [0.4, 0.5) is 11.4 Å². The number of rotatable bonds is 3. The van der Waals surface area contributed by atoms with Gasteiger partial charge in [-0.05, 0) is 42.2 Å². The first-order valence-electron chi connectivity index (χ1n) is 7.59. The first-order valence-corrected chi connectivity index (χ1v) is 8.39. The van der Waals surface area contributed by atoms with Crippen molar-refractivity contribution in [2.45, 2.75) is 26.7 Å². The van der Waals surface area contributed by atoms with Crippen LogP contribution in [0, 0.1) is 6.92 Å². The fraction of sp³-hybridized carbons (Fsp3) is 0.222. The van der Waals surface area contributed by atoms with Crippen molar-refractivity contribution >= 4 is 39.1 Å². The summed E-state index contributed by atoms with van der Waals surface area (Å²) < 4.78 is 0.808. The number of halogens is 1. The summed E-state index contributed by atoms with van der Waals surface area (Å²) in [6, 6.07) is 8.80. The first kappa shape index (κ1) is 20.5. The number of hydrogen-bond donors (Lipinski definition) is 4. The van der Waals surface area contributed by atoms with Crippen LogP contribution in [0.1, 0.15) is 51.6 Å². The number of amides is 2. The average Bonchev–Trinajstić information content (AvgIpc) is 2.50. The number of anilines is 2. The Morgan fingerprint density at radius 2 is 1.52 bits per heavy atom. The second kappa shape index (κ2) is 8.53. The molecule has 0 aromatic heterocycles. The van der Waals surface area contributed by atoms with E-state index in [9.17, 15) is 9.59 Å². The van der Waals surface area contributed by atoms with Crippen molar-refractivity contribution in [3.8, 4) is 0 Å². The van der Waals surface area contributed by atoms with Crippen molar-refractivity contribution in [3.63, 3.8) is 0 Å². The Balaban J connectivity index is 0.000000251. The van der Waals surface area contributed by atoms with Crippen LogP contribution in [-0.2, 0) is 0 Å². The lowest BCUT2D eigenvalue weighted by Crippen LogP contribution is -2.14. The van der Waals surface area contributed by atoms with Crippen molar-refractivity contribution in [1.82, 2.24) is 0 Å². The molecule has 2 rings (SSSR count). The molecule has 0 saturated carbocycles. The predicted octanol–water partition coefficient (Wildman–Crippen LogP) is 2.93. The summed E-state index contributed by atoms with van der Waals surface area (Å²) in [5.41, 5.74) is 25.2. The largest absolute Gasteiger partial charge is 0.398 e. The molecule has 134 valence electrons. The molecule has 0 aliphatic heterocycles. The number of carbonyl (C=O) groups is 2. The maximum absolute atomic E-state index is 10.9. The molecule has 0 heterocycles. The summed E-state index contributed by atoms with van der Waals surface area (Å²) in [5.74, 6) is -0.670. The number of aryl methyl sites for hydroxylation is 1. The van der Waals surface area contributed by atoms with Gasteiger partial charge in [-0.2, -0.15) is 0 Å². The molecule has 2 amide bonds. The van der Waals surface area contributed by atoms with Gasteiger partial charge in [-0.25, -0.2) is 0 Å². The first-order chi connectivity index (χ1) is 11.6. The molecule has 2 aromatic rings. The highest BCUT2D eigenvalue weighted by Crippen LogP contribution is 2.24. The van der Waals surface area contributed by atoms with Crippen LogP contribution < -0.4 is 22.9 Å². The van der Waals surface area contributed by atoms with Crippen molar-refractivity contribution < 1.29 is 9.59 Å². The lowest BCUT2D eigenvalue weighted by molar-refractivity contribution is 0.0992. The molecule has 0 radical (unpaired) electrons. The molecule has 25 heavy (non-hydrogen) atoms. The van der Waals surface area contributed by atoms with E-state index >= 15 is 0 Å². The van der Waals surface area contributed by atoms with Crippen LogP contribution in [0.25, 0.3) is 0 Å². The minimum Gasteiger partial charge on any atom is -0.398 e. The highest BCUT2D eigenvalue weighted by molar-refractivity contribution is 9.10. The Morgan fingerprint density at radius 1 is 0.960 bits per heavy atom. The quantitative estimate of drug-likeness (QED) is 0.581. The van der Waals surface area contributed by atoms with E-state index in [4.69, 9.17) is 22.9 Å². The molecule has 0 atom stereocenters. The summed E-state index contributed by atoms with van der Waals surface area (Å²) in [7, 11) is 0. The monoisotopic (exact) mass is 406 g/mol. The second-order valence-corrected chi connectivity index (χ2v) is 6.79. The van der Waals surface area contributed by atoms with Crippen molar-refractivity contribution in [3.05, 3.63) is 57.1 Å². The standard InChI is InChI=1S/C10H14N2O.C8H9BrN2O/c1-6(2)7-4-3-5-8(9(7)11)10(12)13;1-4-2-5(9)3-6(7(4)10)8(11)12/h3-6H,11H2,1-2H3,(H2,12,13);2-3H,10H2,1H3,(H2,11,12). The van der Waals surface area contributed by atoms with Gasteiger partial charge in [-0.3, -0.25) is 9.59 Å². The molecule has 8 N–H and O–H groups in total. The van der Waals surface area contributed by atoms with Crippen LogP contribution >= 0.6 is 15.9 Å². The molecule has 0 aliphatic carbocycles. The van der Waals surface area contributed by atoms with E-state index in [0.29, 0.717) is 28.4 Å². The van der Waals surface area contributed by atoms with Gasteiger partial charge in [0.15, 0.2) is 0 Å². The maximum Gasteiger partial charge on any atom is 0.250 e. The Morgan fingerprint density at radius 3 is 2.00 bits per heavy atom. The molecule has 7 heteroatoms. The van der Waals surface area contributed by atoms with Gasteiger partial charge < -0.3 is 22.9 Å². The van der Waals surface area contributed by atoms with Gasteiger partial charge >= 0.3 is 0 Å². The summed E-state index contributed by atoms with van der Waals surface area (Å²) in [5, 5.41) is 0. The Bertz CT molecular complexity index is 804. The molecule has 2 aromatic carbocycles. The zero-order valence-corrected chi connectivity index (χ0v) is 16.1. The predicted molar refractivity (Wildman–Crippen MR) is 105 cm³/mol. The van der Waals surface area contributed by atoms with Crippen LogP contribution in [0.15, 0.2) is 34.8 Å². The normalized spacial score (nSPS) is 10.1. The van der Waals surface area contributed by atoms with Gasteiger partial charge in [0, 0.05) is 15.8 Å². The van der Waals surface area contributed by atoms with Gasteiger partial charge in [0.1, 0.15) is 0 Å². The third kappa shape index (κ3) is 5.22. The Labute approximate surface area is 155 Å². The van der Waals surface area contributed by atoms with Crippen LogP contribution in [-0.4, -0.2) is 11.8 Å². The number of benzene rings is 2. The zero-order valence-electron chi connectivity index (χ0n) is 14.5. The van der Waals surface area contributed by atoms with Crippen molar-refractivity contribution in [1.29, 1.82) is 0 Å². The molecular weight excluding hydrogens is 384 g/mol. The topological polar surface area (TPSA) is 138 Å². The molecule has 0 unspecified atom stereocenters. The fourth-order valence-electron chi connectivity index (χ4n) is 2.26. The SMILES string of the molecule is CC(C)c1cccc(C(N)=O)c1N.Cc1cc(Br)cc(C(N)=O)c1N. The zero-order chi connectivity index (χ0) is 19.3. The highest BCUT2D eigenvalue weighted by Gasteiger charge is 2.11. The number of para-hydroxylation sites is 1. The van der Waals surface area contributed by atoms with Gasteiger partial charge in [0.05, 0.1) is 11.1 Å². The van der Waals surface area contributed by atoms with Crippen LogP contribution in [0.2, 0.25) is 0 Å². The summed E-state index contributed by atoms with van der Waals surface area (Å²) in [4.78, 5) is 21.8. The van der Waals surface area contributed by atoms with E-state index in [2.05, 4.69) is 15.9 Å². The second-order valence-electron chi connectivity index (χ2n) is 5.88. The van der Waals surface area contributed by atoms with Gasteiger partial charge in [-0.15, -0.1) is 0 Å². The molecule has 0 bridgehead atoms. The summed E-state index contributed by atoms with van der Waals surface area (Å²) in [6.45, 7) is 5.87. The third-order valence-corrected chi connectivity index (χ3v) is 4.10.